The molecule has 0 aliphatic carbocycles. The Morgan fingerprint density at radius 1 is 1.04 bits per heavy atom. The molecular formula is C22H23FN4O. The largest absolute Gasteiger partial charge is 0.350 e. The van der Waals surface area contributed by atoms with Crippen LogP contribution in [0.2, 0.25) is 0 Å². The molecule has 1 heterocycles. The van der Waals surface area contributed by atoms with E-state index in [2.05, 4.69) is 15.3 Å². The van der Waals surface area contributed by atoms with Crippen LogP contribution in [-0.2, 0) is 13.1 Å². The number of amides is 1. The van der Waals surface area contributed by atoms with E-state index in [4.69, 9.17) is 0 Å². The molecule has 0 fully saturated rings. The van der Waals surface area contributed by atoms with Crippen molar-refractivity contribution in [1.29, 1.82) is 0 Å². The molecule has 0 saturated heterocycles. The van der Waals surface area contributed by atoms with Crippen LogP contribution in [0.1, 0.15) is 34.2 Å². The highest BCUT2D eigenvalue weighted by Crippen LogP contribution is 2.12. The highest BCUT2D eigenvalue weighted by Gasteiger charge is 2.17. The molecule has 0 bridgehead atoms. The second-order valence-corrected chi connectivity index (χ2v) is 6.50. The fraction of sp³-hybridized carbons (Fsp3) is 0.227. The average Bonchev–Trinajstić information content (AvgIpc) is 2.71. The smallest absolute Gasteiger partial charge is 0.272 e. The van der Waals surface area contributed by atoms with Gasteiger partial charge in [0.1, 0.15) is 11.5 Å². The number of carbonyl (C=O) groups is 1. The van der Waals surface area contributed by atoms with Gasteiger partial charge in [-0.2, -0.15) is 0 Å². The van der Waals surface area contributed by atoms with Crippen molar-refractivity contribution in [2.45, 2.75) is 26.9 Å². The van der Waals surface area contributed by atoms with Crippen molar-refractivity contribution in [3.8, 4) is 0 Å². The fourth-order valence-electron chi connectivity index (χ4n) is 2.83. The number of nitrogens with one attached hydrogen (secondary N) is 1. The first-order chi connectivity index (χ1) is 13.5. The van der Waals surface area contributed by atoms with Gasteiger partial charge in [-0.05, 0) is 43.2 Å². The lowest BCUT2D eigenvalue weighted by molar-refractivity contribution is 0.0746. The normalized spacial score (nSPS) is 10.5. The van der Waals surface area contributed by atoms with Gasteiger partial charge in [-0.1, -0.05) is 42.5 Å². The highest BCUT2D eigenvalue weighted by atomic mass is 19.1. The van der Waals surface area contributed by atoms with Crippen LogP contribution in [-0.4, -0.2) is 27.3 Å². The van der Waals surface area contributed by atoms with Crippen LogP contribution in [0, 0.1) is 12.7 Å². The Morgan fingerprint density at radius 3 is 2.43 bits per heavy atom. The minimum absolute atomic E-state index is 0.137. The second-order valence-electron chi connectivity index (χ2n) is 6.50. The molecule has 5 nitrogen and oxygen atoms in total. The van der Waals surface area contributed by atoms with Gasteiger partial charge in [0, 0.05) is 25.3 Å². The Balaban J connectivity index is 1.73. The van der Waals surface area contributed by atoms with Gasteiger partial charge in [-0.3, -0.25) is 4.79 Å². The van der Waals surface area contributed by atoms with E-state index in [1.165, 1.54) is 12.1 Å². The molecule has 144 valence electrons. The standard InChI is InChI=1S/C22H23FN4O/c1-3-27(15-18-7-5-4-6-8-18)21(28)20-13-16(2)25-22(26-20)24-14-17-9-11-19(23)12-10-17/h4-13H,3,14-15H2,1-2H3,(H,24,25,26). The maximum Gasteiger partial charge on any atom is 0.272 e. The quantitative estimate of drug-likeness (QED) is 0.669. The van der Waals surface area contributed by atoms with Crippen LogP contribution in [0.15, 0.2) is 60.7 Å². The Hall–Kier alpha value is -3.28. The van der Waals surface area contributed by atoms with Gasteiger partial charge in [-0.25, -0.2) is 14.4 Å². The molecule has 2 aromatic carbocycles. The summed E-state index contributed by atoms with van der Waals surface area (Å²) < 4.78 is 13.0. The van der Waals surface area contributed by atoms with Gasteiger partial charge in [0.05, 0.1) is 0 Å². The first kappa shape index (κ1) is 19.5. The zero-order valence-electron chi connectivity index (χ0n) is 16.0. The number of hydrogen-bond acceptors (Lipinski definition) is 4. The Labute approximate surface area is 164 Å². The van der Waals surface area contributed by atoms with Crippen molar-refractivity contribution in [3.05, 3.63) is 89.0 Å². The lowest BCUT2D eigenvalue weighted by atomic mass is 10.2. The Kier molecular flexibility index (Phi) is 6.32. The first-order valence-electron chi connectivity index (χ1n) is 9.22. The predicted molar refractivity (Wildman–Crippen MR) is 107 cm³/mol. The molecule has 0 spiro atoms. The molecule has 6 heteroatoms. The van der Waals surface area contributed by atoms with E-state index in [1.54, 1.807) is 23.1 Å². The van der Waals surface area contributed by atoms with Gasteiger partial charge in [0.25, 0.3) is 5.91 Å². The minimum atomic E-state index is -0.276. The second kappa shape index (κ2) is 9.08. The van der Waals surface area contributed by atoms with E-state index in [9.17, 15) is 9.18 Å². The van der Waals surface area contributed by atoms with Gasteiger partial charge < -0.3 is 10.2 Å². The SMILES string of the molecule is CCN(Cc1ccccc1)C(=O)c1cc(C)nc(NCc2ccc(F)cc2)n1. The number of halogens is 1. The Morgan fingerprint density at radius 2 is 1.75 bits per heavy atom. The van der Waals surface area contributed by atoms with Crippen molar-refractivity contribution in [3.63, 3.8) is 0 Å². The number of rotatable bonds is 7. The van der Waals surface area contributed by atoms with Gasteiger partial charge in [-0.15, -0.1) is 0 Å². The first-order valence-corrected chi connectivity index (χ1v) is 9.22. The minimum Gasteiger partial charge on any atom is -0.350 e. The molecule has 0 saturated carbocycles. The molecule has 1 amide bonds. The monoisotopic (exact) mass is 378 g/mol. The summed E-state index contributed by atoms with van der Waals surface area (Å²) in [7, 11) is 0. The maximum atomic E-state index is 13.0. The number of aryl methyl sites for hydroxylation is 1. The van der Waals surface area contributed by atoms with E-state index >= 15 is 0 Å². The van der Waals surface area contributed by atoms with E-state index in [0.29, 0.717) is 37.0 Å². The summed E-state index contributed by atoms with van der Waals surface area (Å²) in [6.07, 6.45) is 0. The van der Waals surface area contributed by atoms with Crippen LogP contribution < -0.4 is 5.32 Å². The summed E-state index contributed by atoms with van der Waals surface area (Å²) in [5.74, 6) is -0.0355. The summed E-state index contributed by atoms with van der Waals surface area (Å²) in [5.41, 5.74) is 3.03. The summed E-state index contributed by atoms with van der Waals surface area (Å²) in [5, 5.41) is 3.11. The molecule has 0 unspecified atom stereocenters. The molecule has 1 aromatic heterocycles. The molecule has 1 N–H and O–H groups in total. The topological polar surface area (TPSA) is 58.1 Å². The predicted octanol–water partition coefficient (Wildman–Crippen LogP) is 4.20. The van der Waals surface area contributed by atoms with Crippen LogP contribution in [0.5, 0.6) is 0 Å². The lowest BCUT2D eigenvalue weighted by Crippen LogP contribution is -2.31. The van der Waals surface area contributed by atoms with Crippen molar-refractivity contribution in [1.82, 2.24) is 14.9 Å². The zero-order valence-corrected chi connectivity index (χ0v) is 16.0. The summed E-state index contributed by atoms with van der Waals surface area (Å²) in [6.45, 7) is 5.32. The molecule has 0 aliphatic heterocycles. The number of nitrogens with zero attached hydrogens (tertiary/aromatic N) is 3. The maximum absolute atomic E-state index is 13.0. The Bertz CT molecular complexity index is 929. The van der Waals surface area contributed by atoms with Crippen LogP contribution in [0.3, 0.4) is 0 Å². The summed E-state index contributed by atoms with van der Waals surface area (Å²) >= 11 is 0. The number of carbonyl (C=O) groups excluding carboxylic acids is 1. The third-order valence-corrected chi connectivity index (χ3v) is 4.32. The van der Waals surface area contributed by atoms with E-state index in [0.717, 1.165) is 11.1 Å². The van der Waals surface area contributed by atoms with Crippen LogP contribution in [0.25, 0.3) is 0 Å². The van der Waals surface area contributed by atoms with Crippen molar-refractivity contribution in [2.75, 3.05) is 11.9 Å². The highest BCUT2D eigenvalue weighted by molar-refractivity contribution is 5.92. The average molecular weight is 378 g/mol. The summed E-state index contributed by atoms with van der Waals surface area (Å²) in [4.78, 5) is 23.5. The van der Waals surface area contributed by atoms with Gasteiger partial charge in [0.2, 0.25) is 5.95 Å². The molecule has 0 atom stereocenters. The summed E-state index contributed by atoms with van der Waals surface area (Å²) in [6, 6.07) is 17.8. The number of anilines is 1. The van der Waals surface area contributed by atoms with Gasteiger partial charge >= 0.3 is 0 Å². The zero-order chi connectivity index (χ0) is 19.9. The van der Waals surface area contributed by atoms with Crippen molar-refractivity contribution in [2.24, 2.45) is 0 Å². The third-order valence-electron chi connectivity index (χ3n) is 4.32. The fourth-order valence-corrected chi connectivity index (χ4v) is 2.83. The lowest BCUT2D eigenvalue weighted by Gasteiger charge is -2.21. The molecular weight excluding hydrogens is 355 g/mol. The van der Waals surface area contributed by atoms with Crippen LogP contribution in [0.4, 0.5) is 10.3 Å². The van der Waals surface area contributed by atoms with Crippen LogP contribution >= 0.6 is 0 Å². The number of aromatic nitrogens is 2. The number of hydrogen-bond donors (Lipinski definition) is 1. The molecule has 0 aliphatic rings. The van der Waals surface area contributed by atoms with Crippen molar-refractivity contribution >= 4 is 11.9 Å². The third kappa shape index (κ3) is 5.13. The molecule has 0 radical (unpaired) electrons. The van der Waals surface area contributed by atoms with E-state index < -0.39 is 0 Å². The van der Waals surface area contributed by atoms with Crippen molar-refractivity contribution < 1.29 is 9.18 Å². The number of benzene rings is 2. The van der Waals surface area contributed by atoms with E-state index in [1.807, 2.05) is 44.2 Å². The van der Waals surface area contributed by atoms with Gasteiger partial charge in [0.15, 0.2) is 0 Å². The molecule has 3 rings (SSSR count). The molecule has 28 heavy (non-hydrogen) atoms. The van der Waals surface area contributed by atoms with E-state index in [-0.39, 0.29) is 11.7 Å². The molecule has 3 aromatic rings.